The lowest BCUT2D eigenvalue weighted by Gasteiger charge is -2.32. The molecule has 18 heavy (non-hydrogen) atoms. The van der Waals surface area contributed by atoms with E-state index in [-0.39, 0.29) is 18.2 Å². The molecule has 2 amide bonds. The van der Waals surface area contributed by atoms with Crippen molar-refractivity contribution >= 4 is 11.8 Å². The molecule has 1 N–H and O–H groups in total. The predicted molar refractivity (Wildman–Crippen MR) is 61.5 cm³/mol. The Bertz CT molecular complexity index is 457. The molecule has 0 aromatic carbocycles. The second kappa shape index (κ2) is 5.16. The average Bonchev–Trinajstić information content (AvgIpc) is 2.76. The molecule has 0 radical (unpaired) electrons. The van der Waals surface area contributed by atoms with Crippen LogP contribution in [0.5, 0.6) is 0 Å². The van der Waals surface area contributed by atoms with Crippen molar-refractivity contribution in [2.75, 3.05) is 13.1 Å². The van der Waals surface area contributed by atoms with Crippen molar-refractivity contribution in [3.63, 3.8) is 0 Å². The highest BCUT2D eigenvalue weighted by Gasteiger charge is 2.28. The Morgan fingerprint density at radius 2 is 2.39 bits per heavy atom. The van der Waals surface area contributed by atoms with E-state index in [2.05, 4.69) is 15.5 Å². The largest absolute Gasteiger partial charge is 0.353 e. The molecule has 1 aliphatic heterocycles. The third kappa shape index (κ3) is 2.66. The molecule has 0 saturated carbocycles. The maximum atomic E-state index is 12.0. The van der Waals surface area contributed by atoms with Gasteiger partial charge in [-0.3, -0.25) is 9.59 Å². The van der Waals surface area contributed by atoms with Crippen LogP contribution in [0.15, 0.2) is 4.52 Å². The van der Waals surface area contributed by atoms with Crippen molar-refractivity contribution in [1.29, 1.82) is 0 Å². The highest BCUT2D eigenvalue weighted by molar-refractivity contribution is 5.88. The maximum absolute atomic E-state index is 12.0. The number of aromatic nitrogens is 2. The zero-order valence-electron chi connectivity index (χ0n) is 10.5. The summed E-state index contributed by atoms with van der Waals surface area (Å²) in [7, 11) is 0. The molecule has 0 spiro atoms. The van der Waals surface area contributed by atoms with Crippen LogP contribution < -0.4 is 5.32 Å². The van der Waals surface area contributed by atoms with E-state index in [9.17, 15) is 9.59 Å². The van der Waals surface area contributed by atoms with Crippen molar-refractivity contribution in [2.45, 2.75) is 32.7 Å². The SMILES string of the molecule is Cc1noc(CCC(=O)N2CCNC(=O)C2C)n1. The molecule has 1 aromatic rings. The molecule has 98 valence electrons. The summed E-state index contributed by atoms with van der Waals surface area (Å²) in [4.78, 5) is 29.1. The van der Waals surface area contributed by atoms with Crippen LogP contribution in [0.1, 0.15) is 25.1 Å². The Labute approximate surface area is 105 Å². The highest BCUT2D eigenvalue weighted by atomic mass is 16.5. The molecule has 7 nitrogen and oxygen atoms in total. The van der Waals surface area contributed by atoms with Crippen molar-refractivity contribution in [2.24, 2.45) is 0 Å². The Morgan fingerprint density at radius 1 is 1.61 bits per heavy atom. The van der Waals surface area contributed by atoms with Crippen LogP contribution in [0.3, 0.4) is 0 Å². The number of carbonyl (C=O) groups is 2. The second-order valence-corrected chi connectivity index (χ2v) is 4.29. The monoisotopic (exact) mass is 252 g/mol. The van der Waals surface area contributed by atoms with E-state index >= 15 is 0 Å². The molecule has 2 rings (SSSR count). The van der Waals surface area contributed by atoms with Gasteiger partial charge in [0.15, 0.2) is 5.82 Å². The van der Waals surface area contributed by atoms with Crippen LogP contribution >= 0.6 is 0 Å². The van der Waals surface area contributed by atoms with Crippen LogP contribution in [0.4, 0.5) is 0 Å². The Kier molecular flexibility index (Phi) is 3.59. The van der Waals surface area contributed by atoms with Gasteiger partial charge in [0.25, 0.3) is 0 Å². The fourth-order valence-corrected chi connectivity index (χ4v) is 1.92. The third-order valence-corrected chi connectivity index (χ3v) is 2.94. The normalized spacial score (nSPS) is 19.8. The molecule has 0 aliphatic carbocycles. The van der Waals surface area contributed by atoms with Gasteiger partial charge >= 0.3 is 0 Å². The lowest BCUT2D eigenvalue weighted by Crippen LogP contribution is -2.55. The molecular weight excluding hydrogens is 236 g/mol. The number of piperazine rings is 1. The first-order valence-electron chi connectivity index (χ1n) is 5.94. The summed E-state index contributed by atoms with van der Waals surface area (Å²) in [5.41, 5.74) is 0. The van der Waals surface area contributed by atoms with Crippen molar-refractivity contribution < 1.29 is 14.1 Å². The summed E-state index contributed by atoms with van der Waals surface area (Å²) < 4.78 is 4.94. The van der Waals surface area contributed by atoms with Gasteiger partial charge in [-0.15, -0.1) is 0 Å². The molecule has 1 unspecified atom stereocenters. The van der Waals surface area contributed by atoms with Gasteiger partial charge < -0.3 is 14.7 Å². The van der Waals surface area contributed by atoms with Gasteiger partial charge in [-0.25, -0.2) is 0 Å². The van der Waals surface area contributed by atoms with E-state index in [4.69, 9.17) is 4.52 Å². The number of amides is 2. The van der Waals surface area contributed by atoms with Gasteiger partial charge in [-0.1, -0.05) is 5.16 Å². The zero-order chi connectivity index (χ0) is 13.1. The minimum atomic E-state index is -0.407. The summed E-state index contributed by atoms with van der Waals surface area (Å²) in [6, 6.07) is -0.407. The molecule has 0 bridgehead atoms. The number of hydrogen-bond acceptors (Lipinski definition) is 5. The van der Waals surface area contributed by atoms with Gasteiger partial charge in [0.2, 0.25) is 17.7 Å². The molecule has 1 atom stereocenters. The Morgan fingerprint density at radius 3 is 3.06 bits per heavy atom. The van der Waals surface area contributed by atoms with Crippen LogP contribution in [-0.4, -0.2) is 46.0 Å². The Balaban J connectivity index is 1.89. The highest BCUT2D eigenvalue weighted by Crippen LogP contribution is 2.08. The molecular formula is C11H16N4O3. The Hall–Kier alpha value is -1.92. The van der Waals surface area contributed by atoms with Gasteiger partial charge in [0.1, 0.15) is 6.04 Å². The van der Waals surface area contributed by atoms with E-state index in [0.717, 1.165) is 0 Å². The third-order valence-electron chi connectivity index (χ3n) is 2.94. The summed E-state index contributed by atoms with van der Waals surface area (Å²) >= 11 is 0. The first kappa shape index (κ1) is 12.5. The summed E-state index contributed by atoms with van der Waals surface area (Å²) in [6.45, 7) is 4.51. The van der Waals surface area contributed by atoms with E-state index in [1.165, 1.54) is 0 Å². The second-order valence-electron chi connectivity index (χ2n) is 4.29. The topological polar surface area (TPSA) is 88.3 Å². The number of carbonyl (C=O) groups excluding carboxylic acids is 2. The minimum absolute atomic E-state index is 0.0618. The molecule has 1 saturated heterocycles. The molecule has 1 fully saturated rings. The number of aryl methyl sites for hydroxylation is 2. The first-order chi connectivity index (χ1) is 8.58. The van der Waals surface area contributed by atoms with Crippen LogP contribution in [0.25, 0.3) is 0 Å². The lowest BCUT2D eigenvalue weighted by atomic mass is 10.1. The van der Waals surface area contributed by atoms with Gasteiger partial charge in [0.05, 0.1) is 0 Å². The average molecular weight is 252 g/mol. The molecule has 2 heterocycles. The summed E-state index contributed by atoms with van der Waals surface area (Å²) in [5.74, 6) is 0.842. The number of nitrogens with zero attached hydrogens (tertiary/aromatic N) is 3. The van der Waals surface area contributed by atoms with E-state index in [1.54, 1.807) is 18.7 Å². The molecule has 7 heteroatoms. The standard InChI is InChI=1S/C11H16N4O3/c1-7-11(17)12-5-6-15(7)10(16)4-3-9-13-8(2)14-18-9/h7H,3-6H2,1-2H3,(H,12,17). The van der Waals surface area contributed by atoms with E-state index in [0.29, 0.717) is 31.2 Å². The number of hydrogen-bond donors (Lipinski definition) is 1. The van der Waals surface area contributed by atoms with Crippen LogP contribution in [0, 0.1) is 6.92 Å². The smallest absolute Gasteiger partial charge is 0.242 e. The van der Waals surface area contributed by atoms with Gasteiger partial charge in [0, 0.05) is 25.9 Å². The van der Waals surface area contributed by atoms with Crippen molar-refractivity contribution in [3.05, 3.63) is 11.7 Å². The first-order valence-corrected chi connectivity index (χ1v) is 5.94. The van der Waals surface area contributed by atoms with Crippen LogP contribution in [-0.2, 0) is 16.0 Å². The minimum Gasteiger partial charge on any atom is -0.353 e. The lowest BCUT2D eigenvalue weighted by molar-refractivity contribution is -0.142. The number of rotatable bonds is 3. The maximum Gasteiger partial charge on any atom is 0.242 e. The summed E-state index contributed by atoms with van der Waals surface area (Å²) in [6.07, 6.45) is 0.684. The predicted octanol–water partition coefficient (Wildman–Crippen LogP) is -0.342. The van der Waals surface area contributed by atoms with Gasteiger partial charge in [-0.05, 0) is 13.8 Å². The van der Waals surface area contributed by atoms with E-state index < -0.39 is 6.04 Å². The van der Waals surface area contributed by atoms with Crippen LogP contribution in [0.2, 0.25) is 0 Å². The quantitative estimate of drug-likeness (QED) is 0.795. The van der Waals surface area contributed by atoms with Gasteiger partial charge in [-0.2, -0.15) is 4.98 Å². The molecule has 1 aliphatic rings. The summed E-state index contributed by atoms with van der Waals surface area (Å²) in [5, 5.41) is 6.38. The zero-order valence-corrected chi connectivity index (χ0v) is 10.5. The van der Waals surface area contributed by atoms with E-state index in [1.807, 2.05) is 0 Å². The van der Waals surface area contributed by atoms with Crippen molar-refractivity contribution in [1.82, 2.24) is 20.4 Å². The molecule has 1 aromatic heterocycles. The van der Waals surface area contributed by atoms with Crippen molar-refractivity contribution in [3.8, 4) is 0 Å². The fourth-order valence-electron chi connectivity index (χ4n) is 1.92. The number of nitrogens with one attached hydrogen (secondary N) is 1. The fraction of sp³-hybridized carbons (Fsp3) is 0.636.